The molecule has 0 fully saturated rings. The van der Waals surface area contributed by atoms with E-state index in [1.54, 1.807) is 10.7 Å². The van der Waals surface area contributed by atoms with Crippen molar-refractivity contribution in [1.29, 1.82) is 0 Å². The topological polar surface area (TPSA) is 73.2 Å². The van der Waals surface area contributed by atoms with E-state index in [2.05, 4.69) is 15.2 Å². The summed E-state index contributed by atoms with van der Waals surface area (Å²) in [7, 11) is 1.29. The van der Waals surface area contributed by atoms with Crippen LogP contribution in [0.2, 0.25) is 5.02 Å². The van der Waals surface area contributed by atoms with Crippen molar-refractivity contribution < 1.29 is 14.3 Å². The fraction of sp³-hybridized carbons (Fsp3) is 0.267. The van der Waals surface area contributed by atoms with Gasteiger partial charge in [0.1, 0.15) is 0 Å². The molecule has 0 aliphatic carbocycles. The minimum atomic E-state index is -0.502. The Morgan fingerprint density at radius 3 is 2.68 bits per heavy atom. The van der Waals surface area contributed by atoms with Crippen molar-refractivity contribution in [3.05, 3.63) is 46.2 Å². The minimum Gasteiger partial charge on any atom is -0.465 e. The average Bonchev–Trinajstić information content (AvgIpc) is 2.89. The van der Waals surface area contributed by atoms with Crippen molar-refractivity contribution in [1.82, 2.24) is 9.78 Å². The zero-order valence-electron chi connectivity index (χ0n) is 12.5. The summed E-state index contributed by atoms with van der Waals surface area (Å²) in [5.74, 6) is -0.891. The highest BCUT2D eigenvalue weighted by molar-refractivity contribution is 6.34. The number of rotatable bonds is 4. The Hall–Kier alpha value is -2.34. The summed E-state index contributed by atoms with van der Waals surface area (Å²) in [5.41, 5.74) is 1.82. The van der Waals surface area contributed by atoms with Gasteiger partial charge in [0.2, 0.25) is 0 Å². The Labute approximate surface area is 133 Å². The van der Waals surface area contributed by atoms with Crippen LogP contribution in [-0.4, -0.2) is 28.8 Å². The number of ether oxygens (including phenoxy) is 1. The van der Waals surface area contributed by atoms with Gasteiger partial charge < -0.3 is 10.1 Å². The number of amides is 1. The lowest BCUT2D eigenvalue weighted by Gasteiger charge is -2.07. The van der Waals surface area contributed by atoms with Gasteiger partial charge in [-0.05, 0) is 38.1 Å². The lowest BCUT2D eigenvalue weighted by molar-refractivity contribution is 0.0600. The lowest BCUT2D eigenvalue weighted by atomic mass is 10.2. The van der Waals surface area contributed by atoms with E-state index < -0.39 is 5.97 Å². The van der Waals surface area contributed by atoms with E-state index in [-0.39, 0.29) is 5.91 Å². The first-order valence-corrected chi connectivity index (χ1v) is 7.07. The largest absolute Gasteiger partial charge is 0.465 e. The predicted octanol–water partition coefficient (Wildman–Crippen LogP) is 2.90. The lowest BCUT2D eigenvalue weighted by Crippen LogP contribution is -2.14. The van der Waals surface area contributed by atoms with Gasteiger partial charge in [-0.25, -0.2) is 4.79 Å². The monoisotopic (exact) mass is 321 g/mol. The quantitative estimate of drug-likeness (QED) is 0.879. The van der Waals surface area contributed by atoms with E-state index in [4.69, 9.17) is 11.6 Å². The molecule has 0 aliphatic heterocycles. The van der Waals surface area contributed by atoms with E-state index in [0.717, 1.165) is 5.69 Å². The molecule has 1 amide bonds. The van der Waals surface area contributed by atoms with Crippen LogP contribution in [0.3, 0.4) is 0 Å². The summed E-state index contributed by atoms with van der Waals surface area (Å²) < 4.78 is 6.37. The van der Waals surface area contributed by atoms with Gasteiger partial charge >= 0.3 is 5.97 Å². The van der Waals surface area contributed by atoms with Crippen molar-refractivity contribution in [2.24, 2.45) is 0 Å². The molecule has 0 bridgehead atoms. The molecular formula is C15H16ClN3O3. The molecule has 0 saturated carbocycles. The molecular weight excluding hydrogens is 306 g/mol. The maximum absolute atomic E-state index is 12.2. The van der Waals surface area contributed by atoms with Crippen molar-refractivity contribution in [3.8, 4) is 0 Å². The number of aryl methyl sites for hydroxylation is 2. The average molecular weight is 322 g/mol. The fourth-order valence-corrected chi connectivity index (χ4v) is 2.16. The van der Waals surface area contributed by atoms with Crippen LogP contribution in [0.4, 0.5) is 5.69 Å². The summed E-state index contributed by atoms with van der Waals surface area (Å²) in [6, 6.07) is 6.21. The summed E-state index contributed by atoms with van der Waals surface area (Å²) in [4.78, 5) is 23.8. The molecule has 0 spiro atoms. The van der Waals surface area contributed by atoms with Gasteiger partial charge in [-0.15, -0.1) is 0 Å². The molecule has 0 radical (unpaired) electrons. The number of methoxy groups -OCH3 is 1. The SMILES string of the molecule is CCn1nc(C(=O)Nc2cc(C(=O)OC)ccc2Cl)cc1C. The Morgan fingerprint density at radius 2 is 2.09 bits per heavy atom. The molecule has 0 aliphatic rings. The first kappa shape index (κ1) is 16.0. The predicted molar refractivity (Wildman–Crippen MR) is 83.4 cm³/mol. The molecule has 22 heavy (non-hydrogen) atoms. The maximum atomic E-state index is 12.2. The Morgan fingerprint density at radius 1 is 1.36 bits per heavy atom. The van der Waals surface area contributed by atoms with E-state index >= 15 is 0 Å². The summed E-state index contributed by atoms with van der Waals surface area (Å²) in [6.45, 7) is 4.49. The number of benzene rings is 1. The molecule has 1 aromatic carbocycles. The highest BCUT2D eigenvalue weighted by Crippen LogP contribution is 2.24. The highest BCUT2D eigenvalue weighted by Gasteiger charge is 2.15. The van der Waals surface area contributed by atoms with Crippen LogP contribution in [0.1, 0.15) is 33.5 Å². The van der Waals surface area contributed by atoms with Crippen molar-refractivity contribution in [3.63, 3.8) is 0 Å². The standard InChI is InChI=1S/C15H16ClN3O3/c1-4-19-9(2)7-13(18-19)14(20)17-12-8-10(15(21)22-3)5-6-11(12)16/h5-8H,4H2,1-3H3,(H,17,20). The van der Waals surface area contributed by atoms with Crippen LogP contribution in [0, 0.1) is 6.92 Å². The number of anilines is 1. The smallest absolute Gasteiger partial charge is 0.337 e. The molecule has 1 aromatic heterocycles. The van der Waals surface area contributed by atoms with Gasteiger partial charge in [0.15, 0.2) is 5.69 Å². The zero-order valence-corrected chi connectivity index (χ0v) is 13.3. The van der Waals surface area contributed by atoms with E-state index in [1.807, 2.05) is 13.8 Å². The third-order valence-corrected chi connectivity index (χ3v) is 3.48. The number of nitrogens with one attached hydrogen (secondary N) is 1. The van der Waals surface area contributed by atoms with Gasteiger partial charge in [0.05, 0.1) is 23.4 Å². The number of carbonyl (C=O) groups excluding carboxylic acids is 2. The molecule has 0 unspecified atom stereocenters. The molecule has 0 atom stereocenters. The van der Waals surface area contributed by atoms with Crippen LogP contribution < -0.4 is 5.32 Å². The zero-order chi connectivity index (χ0) is 16.3. The van der Waals surface area contributed by atoms with E-state index in [1.165, 1.54) is 25.3 Å². The molecule has 2 aromatic rings. The molecule has 1 N–H and O–H groups in total. The molecule has 116 valence electrons. The number of nitrogens with zero attached hydrogens (tertiary/aromatic N) is 2. The fourth-order valence-electron chi connectivity index (χ4n) is 1.99. The Kier molecular flexibility index (Phi) is 4.82. The number of carbonyl (C=O) groups is 2. The third kappa shape index (κ3) is 3.28. The first-order chi connectivity index (χ1) is 10.5. The number of esters is 1. The first-order valence-electron chi connectivity index (χ1n) is 6.70. The van der Waals surface area contributed by atoms with E-state index in [0.29, 0.717) is 28.5 Å². The second kappa shape index (κ2) is 6.62. The summed E-state index contributed by atoms with van der Waals surface area (Å²) in [6.07, 6.45) is 0. The van der Waals surface area contributed by atoms with Gasteiger partial charge in [0, 0.05) is 12.2 Å². The third-order valence-electron chi connectivity index (χ3n) is 3.15. The van der Waals surface area contributed by atoms with Crippen LogP contribution in [0.15, 0.2) is 24.3 Å². The highest BCUT2D eigenvalue weighted by atomic mass is 35.5. The van der Waals surface area contributed by atoms with Crippen LogP contribution in [0.25, 0.3) is 0 Å². The Balaban J connectivity index is 2.25. The normalized spacial score (nSPS) is 10.4. The molecule has 2 rings (SSSR count). The van der Waals surface area contributed by atoms with Crippen LogP contribution >= 0.6 is 11.6 Å². The van der Waals surface area contributed by atoms with E-state index in [9.17, 15) is 9.59 Å². The number of aromatic nitrogens is 2. The van der Waals surface area contributed by atoms with Crippen molar-refractivity contribution in [2.45, 2.75) is 20.4 Å². The van der Waals surface area contributed by atoms with Crippen LogP contribution in [-0.2, 0) is 11.3 Å². The van der Waals surface area contributed by atoms with Crippen molar-refractivity contribution >= 4 is 29.2 Å². The second-order valence-corrected chi connectivity index (χ2v) is 5.03. The summed E-state index contributed by atoms with van der Waals surface area (Å²) in [5, 5.41) is 7.18. The molecule has 0 saturated heterocycles. The summed E-state index contributed by atoms with van der Waals surface area (Å²) >= 11 is 6.05. The van der Waals surface area contributed by atoms with Crippen molar-refractivity contribution in [2.75, 3.05) is 12.4 Å². The minimum absolute atomic E-state index is 0.291. The molecule has 1 heterocycles. The molecule has 6 nitrogen and oxygen atoms in total. The Bertz CT molecular complexity index is 725. The second-order valence-electron chi connectivity index (χ2n) is 4.63. The van der Waals surface area contributed by atoms with Crippen LogP contribution in [0.5, 0.6) is 0 Å². The van der Waals surface area contributed by atoms with Gasteiger partial charge in [-0.3, -0.25) is 9.48 Å². The number of hydrogen-bond donors (Lipinski definition) is 1. The number of hydrogen-bond acceptors (Lipinski definition) is 4. The van der Waals surface area contributed by atoms with Gasteiger partial charge in [0.25, 0.3) is 5.91 Å². The number of halogens is 1. The maximum Gasteiger partial charge on any atom is 0.337 e. The van der Waals surface area contributed by atoms with Gasteiger partial charge in [-0.1, -0.05) is 11.6 Å². The van der Waals surface area contributed by atoms with Gasteiger partial charge in [-0.2, -0.15) is 5.10 Å². The molecule has 7 heteroatoms.